The quantitative estimate of drug-likeness (QED) is 0.708. The fourth-order valence-electron chi connectivity index (χ4n) is 3.68. The minimum Gasteiger partial charge on any atom is -0.299 e. The van der Waals surface area contributed by atoms with E-state index in [1.165, 1.54) is 32.1 Å². The van der Waals surface area contributed by atoms with Crippen molar-refractivity contribution >= 4 is 0 Å². The summed E-state index contributed by atoms with van der Waals surface area (Å²) in [5.41, 5.74) is 0. The first-order valence-corrected chi connectivity index (χ1v) is 8.11. The van der Waals surface area contributed by atoms with Gasteiger partial charge in [-0.05, 0) is 51.5 Å². The Bertz CT molecular complexity index is 292. The largest absolute Gasteiger partial charge is 0.299 e. The first kappa shape index (κ1) is 16.5. The Morgan fingerprint density at radius 1 is 1.26 bits per heavy atom. The average molecular weight is 264 g/mol. The van der Waals surface area contributed by atoms with E-state index >= 15 is 0 Å². The van der Waals surface area contributed by atoms with Crippen molar-refractivity contribution in [1.29, 1.82) is 5.26 Å². The zero-order valence-corrected chi connectivity index (χ0v) is 13.5. The topological polar surface area (TPSA) is 27.0 Å². The summed E-state index contributed by atoms with van der Waals surface area (Å²) in [5.74, 6) is 1.81. The summed E-state index contributed by atoms with van der Waals surface area (Å²) in [6, 6.07) is 3.62. The van der Waals surface area contributed by atoms with Gasteiger partial charge < -0.3 is 0 Å². The Morgan fingerprint density at radius 3 is 2.47 bits per heavy atom. The zero-order chi connectivity index (χ0) is 14.4. The Balaban J connectivity index is 2.66. The van der Waals surface area contributed by atoms with Crippen LogP contribution in [0.2, 0.25) is 0 Å². The Kier molecular flexibility index (Phi) is 6.86. The van der Waals surface area contributed by atoms with Gasteiger partial charge in [-0.25, -0.2) is 0 Å². The van der Waals surface area contributed by atoms with Crippen LogP contribution in [0.3, 0.4) is 0 Å². The first-order chi connectivity index (χ1) is 8.99. The molecule has 0 saturated heterocycles. The predicted molar refractivity (Wildman–Crippen MR) is 81.8 cm³/mol. The van der Waals surface area contributed by atoms with Crippen LogP contribution in [0, 0.1) is 29.1 Å². The molecule has 0 radical (unpaired) electrons. The zero-order valence-electron chi connectivity index (χ0n) is 13.5. The van der Waals surface area contributed by atoms with Gasteiger partial charge in [-0.15, -0.1) is 0 Å². The lowest BCUT2D eigenvalue weighted by atomic mass is 9.76. The van der Waals surface area contributed by atoms with E-state index in [9.17, 15) is 5.26 Å². The summed E-state index contributed by atoms with van der Waals surface area (Å²) in [6.07, 6.45) is 7.43. The van der Waals surface area contributed by atoms with Crippen LogP contribution in [0.1, 0.15) is 66.2 Å². The van der Waals surface area contributed by atoms with Gasteiger partial charge in [-0.3, -0.25) is 4.90 Å². The molecule has 0 aromatic carbocycles. The minimum absolute atomic E-state index is 0.243. The van der Waals surface area contributed by atoms with E-state index in [4.69, 9.17) is 0 Å². The van der Waals surface area contributed by atoms with Gasteiger partial charge in [0, 0.05) is 12.1 Å². The average Bonchev–Trinajstić information content (AvgIpc) is 2.37. The lowest BCUT2D eigenvalue weighted by Crippen LogP contribution is -2.46. The summed E-state index contributed by atoms with van der Waals surface area (Å²) in [7, 11) is 2.23. The number of hydrogen-bond acceptors (Lipinski definition) is 2. The van der Waals surface area contributed by atoms with E-state index in [-0.39, 0.29) is 5.92 Å². The molecule has 0 spiro atoms. The van der Waals surface area contributed by atoms with Crippen LogP contribution >= 0.6 is 0 Å². The van der Waals surface area contributed by atoms with Gasteiger partial charge in [0.25, 0.3) is 0 Å². The van der Waals surface area contributed by atoms with Crippen LogP contribution in [0.5, 0.6) is 0 Å². The molecule has 1 rings (SSSR count). The molecule has 1 fully saturated rings. The molecule has 0 aliphatic heterocycles. The third-order valence-corrected chi connectivity index (χ3v) is 4.82. The van der Waals surface area contributed by atoms with Crippen LogP contribution in [0.25, 0.3) is 0 Å². The Labute approximate surface area is 120 Å². The van der Waals surface area contributed by atoms with Crippen molar-refractivity contribution in [3.05, 3.63) is 0 Å². The molecular formula is C17H32N2. The van der Waals surface area contributed by atoms with Gasteiger partial charge in [0.1, 0.15) is 0 Å². The Hall–Kier alpha value is -0.550. The van der Waals surface area contributed by atoms with Crippen molar-refractivity contribution < 1.29 is 0 Å². The molecule has 2 heteroatoms. The van der Waals surface area contributed by atoms with E-state index in [0.29, 0.717) is 12.1 Å². The Morgan fingerprint density at radius 2 is 1.95 bits per heavy atom. The second-order valence-corrected chi connectivity index (χ2v) is 6.91. The van der Waals surface area contributed by atoms with Crippen molar-refractivity contribution in [2.45, 2.75) is 78.3 Å². The maximum Gasteiger partial charge on any atom is 0.0672 e. The normalized spacial score (nSPS) is 29.5. The predicted octanol–water partition coefficient (Wildman–Crippen LogP) is 4.46. The maximum atomic E-state index is 9.41. The number of nitriles is 1. The fraction of sp³-hybridized carbons (Fsp3) is 0.941. The molecule has 110 valence electrons. The van der Waals surface area contributed by atoms with Crippen LogP contribution in [-0.2, 0) is 0 Å². The summed E-state index contributed by atoms with van der Waals surface area (Å²) < 4.78 is 0. The second kappa shape index (κ2) is 7.90. The minimum atomic E-state index is 0.243. The number of rotatable bonds is 6. The molecule has 4 unspecified atom stereocenters. The van der Waals surface area contributed by atoms with Gasteiger partial charge in [0.15, 0.2) is 0 Å². The molecule has 0 amide bonds. The smallest absolute Gasteiger partial charge is 0.0672 e. The maximum absolute atomic E-state index is 9.41. The molecule has 1 aliphatic rings. The molecule has 0 aromatic heterocycles. The van der Waals surface area contributed by atoms with Crippen molar-refractivity contribution in [2.75, 3.05) is 7.05 Å². The van der Waals surface area contributed by atoms with Crippen molar-refractivity contribution in [3.8, 4) is 6.07 Å². The van der Waals surface area contributed by atoms with E-state index in [2.05, 4.69) is 45.7 Å². The van der Waals surface area contributed by atoms with Gasteiger partial charge in [0.2, 0.25) is 0 Å². The third-order valence-electron chi connectivity index (χ3n) is 4.82. The lowest BCUT2D eigenvalue weighted by Gasteiger charge is -2.41. The van der Waals surface area contributed by atoms with E-state index in [1.54, 1.807) is 0 Å². The van der Waals surface area contributed by atoms with E-state index in [1.807, 2.05) is 0 Å². The molecule has 1 aliphatic carbocycles. The molecule has 19 heavy (non-hydrogen) atoms. The highest BCUT2D eigenvalue weighted by Crippen LogP contribution is 2.35. The standard InChI is InChI=1S/C17H32N2/c1-6-7-15-8-9-16(12-18)17(11-15)19(5)14(4)10-13(2)3/h13-17H,6-11H2,1-5H3. The van der Waals surface area contributed by atoms with Crippen molar-refractivity contribution in [1.82, 2.24) is 4.90 Å². The summed E-state index contributed by atoms with van der Waals surface area (Å²) in [5, 5.41) is 9.41. The summed E-state index contributed by atoms with van der Waals surface area (Å²) in [4.78, 5) is 2.50. The molecule has 0 N–H and O–H groups in total. The molecule has 0 aromatic rings. The van der Waals surface area contributed by atoms with Crippen molar-refractivity contribution in [2.24, 2.45) is 17.8 Å². The van der Waals surface area contributed by atoms with Gasteiger partial charge in [-0.2, -0.15) is 5.26 Å². The third kappa shape index (κ3) is 4.80. The van der Waals surface area contributed by atoms with Crippen LogP contribution < -0.4 is 0 Å². The highest BCUT2D eigenvalue weighted by Gasteiger charge is 2.34. The fourth-order valence-corrected chi connectivity index (χ4v) is 3.68. The van der Waals surface area contributed by atoms with Gasteiger partial charge in [-0.1, -0.05) is 33.6 Å². The monoisotopic (exact) mass is 264 g/mol. The highest BCUT2D eigenvalue weighted by atomic mass is 15.2. The number of hydrogen-bond donors (Lipinski definition) is 0. The van der Waals surface area contributed by atoms with Crippen molar-refractivity contribution in [3.63, 3.8) is 0 Å². The van der Waals surface area contributed by atoms with Crippen LogP contribution in [0.15, 0.2) is 0 Å². The molecule has 0 heterocycles. The van der Waals surface area contributed by atoms with Crippen LogP contribution in [-0.4, -0.2) is 24.0 Å². The van der Waals surface area contributed by atoms with Gasteiger partial charge in [0.05, 0.1) is 12.0 Å². The van der Waals surface area contributed by atoms with Crippen LogP contribution in [0.4, 0.5) is 0 Å². The highest BCUT2D eigenvalue weighted by molar-refractivity contribution is 4.97. The molecular weight excluding hydrogens is 232 g/mol. The second-order valence-electron chi connectivity index (χ2n) is 6.91. The van der Waals surface area contributed by atoms with Gasteiger partial charge >= 0.3 is 0 Å². The molecule has 4 atom stereocenters. The summed E-state index contributed by atoms with van der Waals surface area (Å²) >= 11 is 0. The SMILES string of the molecule is CCCC1CCC(C#N)C(N(C)C(C)CC(C)C)C1. The summed E-state index contributed by atoms with van der Waals surface area (Å²) in [6.45, 7) is 9.16. The first-order valence-electron chi connectivity index (χ1n) is 8.11. The molecule has 0 bridgehead atoms. The molecule has 2 nitrogen and oxygen atoms in total. The number of nitrogens with zero attached hydrogens (tertiary/aromatic N) is 2. The lowest BCUT2D eigenvalue weighted by molar-refractivity contribution is 0.0823. The van der Waals surface area contributed by atoms with E-state index in [0.717, 1.165) is 18.3 Å². The van der Waals surface area contributed by atoms with E-state index < -0.39 is 0 Å². The molecule has 1 saturated carbocycles.